The van der Waals surface area contributed by atoms with Gasteiger partial charge in [-0.25, -0.2) is 0 Å². The van der Waals surface area contributed by atoms with Crippen molar-refractivity contribution in [3.05, 3.63) is 28.8 Å². The molecule has 1 aliphatic rings. The summed E-state index contributed by atoms with van der Waals surface area (Å²) in [5.41, 5.74) is 4.00. The minimum atomic E-state index is -0.119. The quantitative estimate of drug-likeness (QED) is 0.855. The minimum Gasteiger partial charge on any atom is -0.487 e. The summed E-state index contributed by atoms with van der Waals surface area (Å²) in [4.78, 5) is 0. The van der Waals surface area contributed by atoms with E-state index in [4.69, 9.17) is 4.74 Å². The van der Waals surface area contributed by atoms with E-state index in [1.54, 1.807) is 0 Å². The van der Waals surface area contributed by atoms with E-state index in [1.165, 1.54) is 16.7 Å². The molecule has 1 heterocycles. The van der Waals surface area contributed by atoms with E-state index in [-0.39, 0.29) is 11.0 Å². The molecule has 0 fully saturated rings. The third-order valence-corrected chi connectivity index (χ3v) is 4.29. The molecule has 1 aliphatic heterocycles. The zero-order valence-corrected chi connectivity index (χ0v) is 14.8. The van der Waals surface area contributed by atoms with Gasteiger partial charge in [-0.1, -0.05) is 39.8 Å². The van der Waals surface area contributed by atoms with Crippen LogP contribution in [-0.2, 0) is 5.41 Å². The lowest BCUT2D eigenvalue weighted by Crippen LogP contribution is -2.41. The Balaban J connectivity index is 2.56. The van der Waals surface area contributed by atoms with Gasteiger partial charge in [-0.05, 0) is 50.3 Å². The van der Waals surface area contributed by atoms with Gasteiger partial charge in [0.25, 0.3) is 0 Å². The first-order valence-electron chi connectivity index (χ1n) is 8.22. The van der Waals surface area contributed by atoms with Gasteiger partial charge in [0, 0.05) is 18.0 Å². The summed E-state index contributed by atoms with van der Waals surface area (Å²) in [6.07, 6.45) is 2.18. The van der Waals surface area contributed by atoms with Crippen LogP contribution in [-0.4, -0.2) is 12.1 Å². The van der Waals surface area contributed by atoms with Gasteiger partial charge in [-0.15, -0.1) is 0 Å². The molecular weight excluding hydrogens is 258 g/mol. The van der Waals surface area contributed by atoms with Crippen molar-refractivity contribution in [2.75, 3.05) is 6.54 Å². The minimum absolute atomic E-state index is 0.0977. The van der Waals surface area contributed by atoms with Crippen molar-refractivity contribution < 1.29 is 4.74 Å². The van der Waals surface area contributed by atoms with E-state index in [9.17, 15) is 0 Å². The summed E-state index contributed by atoms with van der Waals surface area (Å²) < 4.78 is 6.43. The average molecular weight is 289 g/mol. The standard InChI is InChI=1S/C19H31NO/c1-8-11-20-15-12-19(6,7)21-17-14(18(3,4)5)10-9-13(2)16(15)17/h9-10,15,20H,8,11-12H2,1-7H3. The molecule has 1 unspecified atom stereocenters. The monoisotopic (exact) mass is 289 g/mol. The van der Waals surface area contributed by atoms with Crippen LogP contribution >= 0.6 is 0 Å². The Bertz CT molecular complexity index is 511. The van der Waals surface area contributed by atoms with Crippen LogP contribution in [0, 0.1) is 6.92 Å². The topological polar surface area (TPSA) is 21.3 Å². The molecule has 0 saturated carbocycles. The Morgan fingerprint density at radius 3 is 2.52 bits per heavy atom. The zero-order chi connectivity index (χ0) is 15.8. The SMILES string of the molecule is CCCNC1CC(C)(C)Oc2c(C(C)(C)C)ccc(C)c21. The van der Waals surface area contributed by atoms with E-state index in [2.05, 4.69) is 65.9 Å². The second kappa shape index (κ2) is 5.64. The van der Waals surface area contributed by atoms with Gasteiger partial charge in [-0.3, -0.25) is 0 Å². The summed E-state index contributed by atoms with van der Waals surface area (Å²) in [5, 5.41) is 3.72. The van der Waals surface area contributed by atoms with Crippen LogP contribution in [0.2, 0.25) is 0 Å². The number of nitrogens with one attached hydrogen (secondary N) is 1. The molecule has 0 spiro atoms. The summed E-state index contributed by atoms with van der Waals surface area (Å²) in [6, 6.07) is 4.89. The summed E-state index contributed by atoms with van der Waals surface area (Å²) in [7, 11) is 0. The van der Waals surface area contributed by atoms with Gasteiger partial charge >= 0.3 is 0 Å². The second-order valence-corrected chi connectivity index (χ2v) is 8.00. The molecule has 0 bridgehead atoms. The molecule has 1 N–H and O–H groups in total. The van der Waals surface area contributed by atoms with E-state index in [0.717, 1.165) is 25.1 Å². The maximum absolute atomic E-state index is 6.43. The second-order valence-electron chi connectivity index (χ2n) is 8.00. The number of aryl methyl sites for hydroxylation is 1. The first-order chi connectivity index (χ1) is 9.65. The highest BCUT2D eigenvalue weighted by Gasteiger charge is 2.37. The van der Waals surface area contributed by atoms with Crippen LogP contribution in [0.3, 0.4) is 0 Å². The molecule has 0 saturated heterocycles. The number of benzene rings is 1. The Morgan fingerprint density at radius 1 is 1.29 bits per heavy atom. The normalized spacial score (nSPS) is 20.8. The van der Waals surface area contributed by atoms with E-state index < -0.39 is 0 Å². The molecule has 1 aromatic rings. The third-order valence-electron chi connectivity index (χ3n) is 4.29. The smallest absolute Gasteiger partial charge is 0.128 e. The number of fused-ring (bicyclic) bond motifs is 1. The number of rotatable bonds is 3. The molecule has 118 valence electrons. The van der Waals surface area contributed by atoms with Crippen LogP contribution in [0.1, 0.15) is 77.1 Å². The van der Waals surface area contributed by atoms with Crippen LogP contribution < -0.4 is 10.1 Å². The van der Waals surface area contributed by atoms with Crippen molar-refractivity contribution in [2.24, 2.45) is 0 Å². The van der Waals surface area contributed by atoms with Crippen molar-refractivity contribution >= 4 is 0 Å². The van der Waals surface area contributed by atoms with Crippen molar-refractivity contribution in [2.45, 2.75) is 78.4 Å². The molecule has 2 rings (SSSR count). The number of ether oxygens (including phenoxy) is 1. The van der Waals surface area contributed by atoms with Gasteiger partial charge in [0.1, 0.15) is 11.4 Å². The molecule has 2 heteroatoms. The van der Waals surface area contributed by atoms with Crippen LogP contribution in [0.25, 0.3) is 0 Å². The highest BCUT2D eigenvalue weighted by Crippen LogP contribution is 2.46. The predicted molar refractivity (Wildman–Crippen MR) is 90.2 cm³/mol. The van der Waals surface area contributed by atoms with Gasteiger partial charge in [0.15, 0.2) is 0 Å². The number of hydrogen-bond acceptors (Lipinski definition) is 2. The van der Waals surface area contributed by atoms with Crippen LogP contribution in [0.4, 0.5) is 0 Å². The predicted octanol–water partition coefficient (Wildman–Crippen LogP) is 4.89. The Hall–Kier alpha value is -1.02. The first kappa shape index (κ1) is 16.4. The summed E-state index contributed by atoms with van der Waals surface area (Å²) in [6.45, 7) is 16.7. The van der Waals surface area contributed by atoms with Gasteiger partial charge in [0.2, 0.25) is 0 Å². The molecule has 1 aromatic carbocycles. The molecular formula is C19H31NO. The molecule has 0 aliphatic carbocycles. The highest BCUT2D eigenvalue weighted by molar-refractivity contribution is 5.52. The number of hydrogen-bond donors (Lipinski definition) is 1. The summed E-state index contributed by atoms with van der Waals surface area (Å²) >= 11 is 0. The third kappa shape index (κ3) is 3.42. The maximum atomic E-state index is 6.43. The van der Waals surface area contributed by atoms with Crippen molar-refractivity contribution in [3.8, 4) is 5.75 Å². The molecule has 0 aromatic heterocycles. The van der Waals surface area contributed by atoms with Gasteiger partial charge < -0.3 is 10.1 Å². The fourth-order valence-electron chi connectivity index (χ4n) is 3.24. The van der Waals surface area contributed by atoms with Crippen molar-refractivity contribution in [1.29, 1.82) is 0 Å². The van der Waals surface area contributed by atoms with Crippen LogP contribution in [0.5, 0.6) is 5.75 Å². The largest absolute Gasteiger partial charge is 0.487 e. The van der Waals surface area contributed by atoms with Gasteiger partial charge in [-0.2, -0.15) is 0 Å². The average Bonchev–Trinajstić information content (AvgIpc) is 2.32. The Kier molecular flexibility index (Phi) is 4.39. The van der Waals surface area contributed by atoms with E-state index in [0.29, 0.717) is 6.04 Å². The van der Waals surface area contributed by atoms with E-state index in [1.807, 2.05) is 0 Å². The lowest BCUT2D eigenvalue weighted by Gasteiger charge is -2.41. The fraction of sp³-hybridized carbons (Fsp3) is 0.684. The molecule has 2 nitrogen and oxygen atoms in total. The van der Waals surface area contributed by atoms with Gasteiger partial charge in [0.05, 0.1) is 0 Å². The molecule has 21 heavy (non-hydrogen) atoms. The first-order valence-corrected chi connectivity index (χ1v) is 8.22. The highest BCUT2D eigenvalue weighted by atomic mass is 16.5. The van der Waals surface area contributed by atoms with Crippen molar-refractivity contribution in [3.63, 3.8) is 0 Å². The maximum Gasteiger partial charge on any atom is 0.128 e. The lowest BCUT2D eigenvalue weighted by atomic mass is 9.79. The molecule has 1 atom stereocenters. The summed E-state index contributed by atoms with van der Waals surface area (Å²) in [5.74, 6) is 1.12. The Morgan fingerprint density at radius 2 is 1.95 bits per heavy atom. The van der Waals surface area contributed by atoms with Crippen LogP contribution in [0.15, 0.2) is 12.1 Å². The lowest BCUT2D eigenvalue weighted by molar-refractivity contribution is 0.0634. The molecule has 0 radical (unpaired) electrons. The zero-order valence-electron chi connectivity index (χ0n) is 14.8. The molecule has 0 amide bonds. The fourth-order valence-corrected chi connectivity index (χ4v) is 3.24. The van der Waals surface area contributed by atoms with Crippen molar-refractivity contribution in [1.82, 2.24) is 5.32 Å². The van der Waals surface area contributed by atoms with E-state index >= 15 is 0 Å². The Labute approximate surface area is 130 Å².